The quantitative estimate of drug-likeness (QED) is 0.899. The van der Waals surface area contributed by atoms with Crippen molar-refractivity contribution in [2.45, 2.75) is 25.3 Å². The van der Waals surface area contributed by atoms with Gasteiger partial charge in [0.25, 0.3) is 0 Å². The second-order valence-electron chi connectivity index (χ2n) is 6.46. The van der Waals surface area contributed by atoms with Gasteiger partial charge in [-0.2, -0.15) is 0 Å². The van der Waals surface area contributed by atoms with Gasteiger partial charge in [0.15, 0.2) is 11.5 Å². The molecule has 2 aliphatic rings. The molecule has 2 N–H and O–H groups in total. The monoisotopic (exact) mass is 338 g/mol. The second kappa shape index (κ2) is 7.15. The molecule has 2 aliphatic heterocycles. The van der Waals surface area contributed by atoms with Gasteiger partial charge in [0, 0.05) is 43.1 Å². The van der Waals surface area contributed by atoms with E-state index in [4.69, 9.17) is 9.47 Å². The maximum atomic E-state index is 11.9. The number of carbonyl (C=O) groups excluding carboxylic acids is 1. The highest BCUT2D eigenvalue weighted by molar-refractivity contribution is 5.94. The molecular formula is C20H22N2O3. The third kappa shape index (κ3) is 3.46. The van der Waals surface area contributed by atoms with Gasteiger partial charge in [0.2, 0.25) is 5.91 Å². The third-order valence-electron chi connectivity index (χ3n) is 4.67. The number of fused-ring (bicyclic) bond motifs is 2. The molecular weight excluding hydrogens is 316 g/mol. The van der Waals surface area contributed by atoms with Crippen molar-refractivity contribution in [2.75, 3.05) is 25.1 Å². The SMILES string of the molecule is O=C1C[C@@H](CNCc2cccc3c2OCCCO3)c2ccccc2N1. The molecule has 4 rings (SSSR count). The molecule has 2 aromatic rings. The Bertz CT molecular complexity index is 775. The Morgan fingerprint density at radius 3 is 2.92 bits per heavy atom. The third-order valence-corrected chi connectivity index (χ3v) is 4.67. The number of para-hydroxylation sites is 2. The summed E-state index contributed by atoms with van der Waals surface area (Å²) in [6, 6.07) is 14.0. The molecule has 0 aromatic heterocycles. The van der Waals surface area contributed by atoms with Crippen LogP contribution in [-0.2, 0) is 11.3 Å². The Hall–Kier alpha value is -2.53. The van der Waals surface area contributed by atoms with Gasteiger partial charge in [0.05, 0.1) is 13.2 Å². The largest absolute Gasteiger partial charge is 0.490 e. The van der Waals surface area contributed by atoms with Crippen LogP contribution < -0.4 is 20.1 Å². The topological polar surface area (TPSA) is 59.6 Å². The molecule has 25 heavy (non-hydrogen) atoms. The minimum atomic E-state index is 0.0795. The number of rotatable bonds is 4. The zero-order valence-electron chi connectivity index (χ0n) is 14.1. The number of ether oxygens (including phenoxy) is 2. The lowest BCUT2D eigenvalue weighted by atomic mass is 9.90. The van der Waals surface area contributed by atoms with Crippen molar-refractivity contribution in [3.05, 3.63) is 53.6 Å². The first-order valence-corrected chi connectivity index (χ1v) is 8.78. The fourth-order valence-corrected chi connectivity index (χ4v) is 3.46. The number of amides is 1. The van der Waals surface area contributed by atoms with Crippen LogP contribution in [0, 0.1) is 0 Å². The fourth-order valence-electron chi connectivity index (χ4n) is 3.46. The molecule has 5 nitrogen and oxygen atoms in total. The summed E-state index contributed by atoms with van der Waals surface area (Å²) in [7, 11) is 0. The molecule has 1 atom stereocenters. The number of carbonyl (C=O) groups is 1. The summed E-state index contributed by atoms with van der Waals surface area (Å²) in [6.07, 6.45) is 1.41. The van der Waals surface area contributed by atoms with Gasteiger partial charge in [-0.15, -0.1) is 0 Å². The fraction of sp³-hybridized carbons (Fsp3) is 0.350. The van der Waals surface area contributed by atoms with Crippen LogP contribution in [0.3, 0.4) is 0 Å². The maximum Gasteiger partial charge on any atom is 0.225 e. The summed E-state index contributed by atoms with van der Waals surface area (Å²) >= 11 is 0. The van der Waals surface area contributed by atoms with Crippen LogP contribution in [0.1, 0.15) is 29.9 Å². The summed E-state index contributed by atoms with van der Waals surface area (Å²) in [5, 5.41) is 6.43. The average molecular weight is 338 g/mol. The second-order valence-corrected chi connectivity index (χ2v) is 6.46. The lowest BCUT2D eigenvalue weighted by Crippen LogP contribution is -2.29. The zero-order chi connectivity index (χ0) is 17.1. The Morgan fingerprint density at radius 2 is 1.96 bits per heavy atom. The van der Waals surface area contributed by atoms with E-state index in [0.717, 1.165) is 35.7 Å². The summed E-state index contributed by atoms with van der Waals surface area (Å²) in [5.41, 5.74) is 3.21. The smallest absolute Gasteiger partial charge is 0.225 e. The van der Waals surface area contributed by atoms with E-state index in [1.165, 1.54) is 5.56 Å². The van der Waals surface area contributed by atoms with E-state index in [0.29, 0.717) is 26.2 Å². The van der Waals surface area contributed by atoms with Crippen molar-refractivity contribution in [2.24, 2.45) is 0 Å². The summed E-state index contributed by atoms with van der Waals surface area (Å²) < 4.78 is 11.6. The Kier molecular flexibility index (Phi) is 4.57. The minimum absolute atomic E-state index is 0.0795. The van der Waals surface area contributed by atoms with Crippen molar-refractivity contribution in [3.8, 4) is 11.5 Å². The molecule has 0 unspecified atom stereocenters. The highest BCUT2D eigenvalue weighted by Crippen LogP contribution is 2.34. The minimum Gasteiger partial charge on any atom is -0.490 e. The van der Waals surface area contributed by atoms with E-state index in [2.05, 4.69) is 22.8 Å². The highest BCUT2D eigenvalue weighted by atomic mass is 16.5. The first-order valence-electron chi connectivity index (χ1n) is 8.78. The first kappa shape index (κ1) is 16.0. The molecule has 0 radical (unpaired) electrons. The van der Waals surface area contributed by atoms with Gasteiger partial charge in [-0.25, -0.2) is 0 Å². The molecule has 0 saturated carbocycles. The van der Waals surface area contributed by atoms with E-state index in [1.807, 2.05) is 30.3 Å². The molecule has 1 amide bonds. The molecule has 0 saturated heterocycles. The summed E-state index contributed by atoms with van der Waals surface area (Å²) in [6.45, 7) is 2.81. The lowest BCUT2D eigenvalue weighted by molar-refractivity contribution is -0.116. The van der Waals surface area contributed by atoms with E-state index in [9.17, 15) is 4.79 Å². The zero-order valence-corrected chi connectivity index (χ0v) is 14.1. The predicted molar refractivity (Wildman–Crippen MR) is 96.2 cm³/mol. The van der Waals surface area contributed by atoms with Crippen molar-refractivity contribution >= 4 is 11.6 Å². The predicted octanol–water partition coefficient (Wildman–Crippen LogP) is 3.06. The number of hydrogen-bond acceptors (Lipinski definition) is 4. The van der Waals surface area contributed by atoms with Gasteiger partial charge in [-0.1, -0.05) is 30.3 Å². The van der Waals surface area contributed by atoms with Crippen molar-refractivity contribution in [3.63, 3.8) is 0 Å². The lowest BCUT2D eigenvalue weighted by Gasteiger charge is -2.26. The van der Waals surface area contributed by atoms with Crippen molar-refractivity contribution < 1.29 is 14.3 Å². The standard InChI is InChI=1S/C20H22N2O3/c23-19-11-15(16-6-1-2-7-17(16)22-19)13-21-12-14-5-3-8-18-20(14)25-10-4-9-24-18/h1-3,5-8,15,21H,4,9-13H2,(H,22,23)/t15-/m0/s1. The first-order chi connectivity index (χ1) is 12.3. The average Bonchev–Trinajstić information content (AvgIpc) is 2.87. The highest BCUT2D eigenvalue weighted by Gasteiger charge is 2.24. The number of nitrogens with one attached hydrogen (secondary N) is 2. The van der Waals surface area contributed by atoms with Crippen molar-refractivity contribution in [1.82, 2.24) is 5.32 Å². The van der Waals surface area contributed by atoms with Crippen LogP contribution >= 0.6 is 0 Å². The molecule has 130 valence electrons. The van der Waals surface area contributed by atoms with Crippen molar-refractivity contribution in [1.29, 1.82) is 0 Å². The Labute approximate surface area is 147 Å². The van der Waals surface area contributed by atoms with E-state index in [1.54, 1.807) is 0 Å². The molecule has 0 fully saturated rings. The molecule has 0 spiro atoms. The van der Waals surface area contributed by atoms with Gasteiger partial charge in [-0.05, 0) is 17.7 Å². The summed E-state index contributed by atoms with van der Waals surface area (Å²) in [4.78, 5) is 11.9. The van der Waals surface area contributed by atoms with Gasteiger partial charge in [-0.3, -0.25) is 4.79 Å². The number of anilines is 1. The van der Waals surface area contributed by atoms with E-state index in [-0.39, 0.29) is 11.8 Å². The number of hydrogen-bond donors (Lipinski definition) is 2. The molecule has 5 heteroatoms. The Balaban J connectivity index is 1.44. The molecule has 2 heterocycles. The van der Waals surface area contributed by atoms with E-state index < -0.39 is 0 Å². The van der Waals surface area contributed by atoms with Crippen LogP contribution in [0.2, 0.25) is 0 Å². The molecule has 2 aromatic carbocycles. The van der Waals surface area contributed by atoms with Crippen LogP contribution in [0.5, 0.6) is 11.5 Å². The van der Waals surface area contributed by atoms with Gasteiger partial charge < -0.3 is 20.1 Å². The number of benzene rings is 2. The van der Waals surface area contributed by atoms with Crippen LogP contribution in [0.25, 0.3) is 0 Å². The Morgan fingerprint density at radius 1 is 1.08 bits per heavy atom. The molecule has 0 aliphatic carbocycles. The maximum absolute atomic E-state index is 11.9. The molecule has 0 bridgehead atoms. The van der Waals surface area contributed by atoms with Crippen LogP contribution in [0.4, 0.5) is 5.69 Å². The van der Waals surface area contributed by atoms with Crippen LogP contribution in [0.15, 0.2) is 42.5 Å². The summed E-state index contributed by atoms with van der Waals surface area (Å²) in [5.74, 6) is 1.92. The van der Waals surface area contributed by atoms with Gasteiger partial charge in [0.1, 0.15) is 0 Å². The van der Waals surface area contributed by atoms with Gasteiger partial charge >= 0.3 is 0 Å². The van der Waals surface area contributed by atoms with Crippen LogP contribution in [-0.4, -0.2) is 25.7 Å². The normalized spacial score (nSPS) is 18.9. The van der Waals surface area contributed by atoms with E-state index >= 15 is 0 Å².